The molecule has 0 atom stereocenters. The van der Waals surface area contributed by atoms with Gasteiger partial charge in [0.2, 0.25) is 11.8 Å². The number of carboxylic acids is 1. The number of rotatable bonds is 2. The first kappa shape index (κ1) is 33.0. The van der Waals surface area contributed by atoms with E-state index >= 15 is 0 Å². The molecule has 2 aliphatic carbocycles. The highest BCUT2D eigenvalue weighted by atomic mass is 16.4. The Kier molecular flexibility index (Phi) is 21.8. The second-order valence-electron chi connectivity index (χ2n) is 7.26. The molecule has 0 spiro atoms. The summed E-state index contributed by atoms with van der Waals surface area (Å²) in [5.74, 6) is 0.636. The Bertz CT molecular complexity index is 361. The Labute approximate surface area is 167 Å². The number of carbonyl (C=O) groups excluding carboxylic acids is 2. The fourth-order valence-corrected chi connectivity index (χ4v) is 3.05. The fourth-order valence-electron chi connectivity index (χ4n) is 3.05. The number of primary amides is 2. The summed E-state index contributed by atoms with van der Waals surface area (Å²) in [6.07, 6.45) is 8.33. The van der Waals surface area contributed by atoms with Crippen LogP contribution in [0.2, 0.25) is 0 Å². The van der Waals surface area contributed by atoms with Crippen molar-refractivity contribution >= 4 is 17.8 Å². The molecule has 0 unspecified atom stereocenters. The Hall–Kier alpha value is -1.59. The summed E-state index contributed by atoms with van der Waals surface area (Å²) < 4.78 is 0. The van der Waals surface area contributed by atoms with E-state index in [0.29, 0.717) is 0 Å². The zero-order valence-corrected chi connectivity index (χ0v) is 15.3. The molecule has 0 bridgehead atoms. The van der Waals surface area contributed by atoms with Gasteiger partial charge in [0, 0.05) is 12.8 Å². The van der Waals surface area contributed by atoms with Gasteiger partial charge in [-0.1, -0.05) is 36.1 Å². The standard InChI is InChI=1S/C8H15NO.C8H14O2.C2H5NO.3CH4/c2*1-6-2-4-7(5-3-6)8(9)10;1-2(3)4;;;/h6-7H,2-5H2,1H3,(H2,9,10);6-7H,2-5H2,1H3,(H,9,10);1H3,(H2,3,4);3*1H4. The summed E-state index contributed by atoms with van der Waals surface area (Å²) >= 11 is 0. The lowest BCUT2D eigenvalue weighted by Gasteiger charge is -2.23. The molecule has 2 aliphatic rings. The predicted octanol–water partition coefficient (Wildman–Crippen LogP) is 4.60. The van der Waals surface area contributed by atoms with E-state index in [1.165, 1.54) is 19.8 Å². The van der Waals surface area contributed by atoms with Crippen molar-refractivity contribution in [3.63, 3.8) is 0 Å². The highest BCUT2D eigenvalue weighted by molar-refractivity contribution is 5.76. The molecular formula is C21H46N2O4. The quantitative estimate of drug-likeness (QED) is 0.637. The van der Waals surface area contributed by atoms with Gasteiger partial charge in [0.25, 0.3) is 0 Å². The molecule has 2 saturated carbocycles. The van der Waals surface area contributed by atoms with Gasteiger partial charge in [-0.25, -0.2) is 0 Å². The van der Waals surface area contributed by atoms with Crippen molar-refractivity contribution < 1.29 is 19.5 Å². The van der Waals surface area contributed by atoms with Gasteiger partial charge >= 0.3 is 5.97 Å². The van der Waals surface area contributed by atoms with Crippen LogP contribution in [0.4, 0.5) is 0 Å². The fraction of sp³-hybridized carbons (Fsp3) is 0.857. The second kappa shape index (κ2) is 17.8. The van der Waals surface area contributed by atoms with Crippen molar-refractivity contribution in [2.45, 2.75) is 94.4 Å². The monoisotopic (exact) mass is 390 g/mol. The van der Waals surface area contributed by atoms with Crippen molar-refractivity contribution in [3.05, 3.63) is 0 Å². The van der Waals surface area contributed by atoms with Gasteiger partial charge in [-0.05, 0) is 63.2 Å². The molecule has 6 nitrogen and oxygen atoms in total. The number of hydrogen-bond acceptors (Lipinski definition) is 3. The highest BCUT2D eigenvalue weighted by Crippen LogP contribution is 2.28. The summed E-state index contributed by atoms with van der Waals surface area (Å²) in [6, 6.07) is 0. The minimum atomic E-state index is -0.605. The van der Waals surface area contributed by atoms with Gasteiger partial charge in [-0.15, -0.1) is 0 Å². The molecule has 6 heteroatoms. The van der Waals surface area contributed by atoms with Gasteiger partial charge in [0.05, 0.1) is 5.92 Å². The number of hydrogen-bond donors (Lipinski definition) is 3. The van der Waals surface area contributed by atoms with Crippen LogP contribution in [0.1, 0.15) is 94.4 Å². The molecule has 0 radical (unpaired) electrons. The Morgan fingerprint density at radius 3 is 1.19 bits per heavy atom. The number of nitrogens with two attached hydrogens (primary N) is 2. The van der Waals surface area contributed by atoms with E-state index in [0.717, 1.165) is 50.4 Å². The predicted molar refractivity (Wildman–Crippen MR) is 114 cm³/mol. The molecule has 2 amide bonds. The second-order valence-corrected chi connectivity index (χ2v) is 7.26. The topological polar surface area (TPSA) is 123 Å². The molecule has 0 aromatic carbocycles. The molecule has 0 saturated heterocycles. The van der Waals surface area contributed by atoms with E-state index < -0.39 is 5.97 Å². The number of aliphatic carboxylic acids is 1. The van der Waals surface area contributed by atoms with Gasteiger partial charge in [0.15, 0.2) is 0 Å². The first-order chi connectivity index (χ1) is 11.1. The van der Waals surface area contributed by atoms with Crippen molar-refractivity contribution in [1.29, 1.82) is 0 Å². The average molecular weight is 391 g/mol. The van der Waals surface area contributed by atoms with Crippen molar-refractivity contribution in [2.75, 3.05) is 0 Å². The van der Waals surface area contributed by atoms with Crippen LogP contribution in [-0.4, -0.2) is 22.9 Å². The molecule has 0 aromatic heterocycles. The third-order valence-electron chi connectivity index (χ3n) is 4.78. The van der Waals surface area contributed by atoms with Crippen LogP contribution in [0, 0.1) is 23.7 Å². The molecule has 0 heterocycles. The molecule has 2 rings (SSSR count). The summed E-state index contributed by atoms with van der Waals surface area (Å²) in [5.41, 5.74) is 9.65. The maximum absolute atomic E-state index is 10.7. The molecule has 5 N–H and O–H groups in total. The van der Waals surface area contributed by atoms with Gasteiger partial charge < -0.3 is 16.6 Å². The normalized spacial score (nSPS) is 25.9. The minimum absolute atomic E-state index is 0. The summed E-state index contributed by atoms with van der Waals surface area (Å²) in [4.78, 5) is 30.4. The Balaban J connectivity index is -0.000000150. The smallest absolute Gasteiger partial charge is 0.306 e. The molecule has 0 aliphatic heterocycles. The van der Waals surface area contributed by atoms with Crippen molar-refractivity contribution in [3.8, 4) is 0 Å². The largest absolute Gasteiger partial charge is 0.481 e. The summed E-state index contributed by atoms with van der Waals surface area (Å²) in [6.45, 7) is 5.73. The molecule has 2 fully saturated rings. The lowest BCUT2D eigenvalue weighted by atomic mass is 9.83. The molecule has 27 heavy (non-hydrogen) atoms. The van der Waals surface area contributed by atoms with Crippen LogP contribution in [0.25, 0.3) is 0 Å². The van der Waals surface area contributed by atoms with E-state index in [2.05, 4.69) is 19.6 Å². The zero-order chi connectivity index (χ0) is 18.7. The lowest BCUT2D eigenvalue weighted by Crippen LogP contribution is -2.26. The van der Waals surface area contributed by atoms with E-state index in [9.17, 15) is 14.4 Å². The van der Waals surface area contributed by atoms with Gasteiger partial charge in [-0.2, -0.15) is 0 Å². The maximum Gasteiger partial charge on any atom is 0.306 e. The van der Waals surface area contributed by atoms with Crippen LogP contribution in [0.5, 0.6) is 0 Å². The molecule has 0 aromatic rings. The van der Waals surface area contributed by atoms with E-state index in [-0.39, 0.29) is 45.9 Å². The number of carbonyl (C=O) groups is 3. The zero-order valence-electron chi connectivity index (χ0n) is 15.3. The van der Waals surface area contributed by atoms with E-state index in [1.807, 2.05) is 0 Å². The first-order valence-corrected chi connectivity index (χ1v) is 8.91. The van der Waals surface area contributed by atoms with Crippen LogP contribution in [0.15, 0.2) is 0 Å². The lowest BCUT2D eigenvalue weighted by molar-refractivity contribution is -0.143. The SMILES string of the molecule is C.C.C.CC(N)=O.CC1CCC(C(=O)O)CC1.CC1CCC(C(N)=O)CC1. The minimum Gasteiger partial charge on any atom is -0.481 e. The van der Waals surface area contributed by atoms with Crippen LogP contribution in [-0.2, 0) is 14.4 Å². The summed E-state index contributed by atoms with van der Waals surface area (Å²) in [7, 11) is 0. The van der Waals surface area contributed by atoms with Crippen molar-refractivity contribution in [1.82, 2.24) is 0 Å². The Morgan fingerprint density at radius 1 is 0.704 bits per heavy atom. The first-order valence-electron chi connectivity index (χ1n) is 8.91. The molecular weight excluding hydrogens is 344 g/mol. The van der Waals surface area contributed by atoms with Crippen LogP contribution < -0.4 is 11.5 Å². The average Bonchev–Trinajstić information content (AvgIpc) is 2.48. The maximum atomic E-state index is 10.7. The third kappa shape index (κ3) is 17.6. The Morgan fingerprint density at radius 2 is 0.963 bits per heavy atom. The van der Waals surface area contributed by atoms with E-state index in [1.54, 1.807) is 0 Å². The van der Waals surface area contributed by atoms with Crippen LogP contribution >= 0.6 is 0 Å². The number of carboxylic acid groups (broad SMARTS) is 1. The summed E-state index contributed by atoms with van der Waals surface area (Å²) in [5, 5.41) is 8.62. The van der Waals surface area contributed by atoms with Gasteiger partial charge in [0.1, 0.15) is 0 Å². The van der Waals surface area contributed by atoms with Crippen LogP contribution in [0.3, 0.4) is 0 Å². The van der Waals surface area contributed by atoms with E-state index in [4.69, 9.17) is 10.8 Å². The number of amides is 2. The highest BCUT2D eigenvalue weighted by Gasteiger charge is 2.23. The molecule has 164 valence electrons. The van der Waals surface area contributed by atoms with Gasteiger partial charge in [-0.3, -0.25) is 14.4 Å². The van der Waals surface area contributed by atoms with Crippen molar-refractivity contribution in [2.24, 2.45) is 35.1 Å². The third-order valence-corrected chi connectivity index (χ3v) is 4.78.